The van der Waals surface area contributed by atoms with Crippen molar-refractivity contribution in [3.63, 3.8) is 0 Å². The van der Waals surface area contributed by atoms with Gasteiger partial charge < -0.3 is 0 Å². The van der Waals surface area contributed by atoms with Crippen LogP contribution >= 0.6 is 23.2 Å². The Morgan fingerprint density at radius 2 is 1.82 bits per heavy atom. The zero-order valence-corrected chi connectivity index (χ0v) is 6.71. The summed E-state index contributed by atoms with van der Waals surface area (Å²) in [5, 5.41) is 1.63. The molecule has 0 saturated heterocycles. The van der Waals surface area contributed by atoms with Crippen LogP contribution in [0.1, 0.15) is 0 Å². The Morgan fingerprint density at radius 1 is 1.27 bits per heavy atom. The molecule has 0 spiro atoms. The van der Waals surface area contributed by atoms with Gasteiger partial charge in [-0.05, 0) is 0 Å². The van der Waals surface area contributed by atoms with Gasteiger partial charge in [0.15, 0.2) is 5.82 Å². The number of nitroso groups, excluding NO2 is 1. The molecule has 0 radical (unpaired) electrons. The Balaban J connectivity index is 3.31. The average molecular weight is 195 g/mol. The van der Waals surface area contributed by atoms with Gasteiger partial charge in [-0.3, -0.25) is 0 Å². The Labute approximate surface area is 71.9 Å². The summed E-state index contributed by atoms with van der Waals surface area (Å²) in [6.45, 7) is 0. The number of rotatable bonds is 1. The minimum absolute atomic E-state index is 0.0863. The molecule has 0 heterocycles. The minimum Gasteiger partial charge on any atom is -0.199 e. The third-order valence-corrected chi connectivity index (χ3v) is 1.84. The standard InChI is InChI=1S/C6H2Cl2FNO/c7-3-1-5(9)6(10-11)2-4(3)8/h1-2H/p+1. The average Bonchev–Trinajstić information content (AvgIpc) is 1.97. The highest BCUT2D eigenvalue weighted by molar-refractivity contribution is 6.42. The number of hydrogen-bond donors (Lipinski definition) is 1. The third-order valence-electron chi connectivity index (χ3n) is 1.12. The van der Waals surface area contributed by atoms with Crippen molar-refractivity contribution in [2.24, 2.45) is 0 Å². The Hall–Kier alpha value is -0.670. The molecule has 2 nitrogen and oxygen atoms in total. The Kier molecular flexibility index (Phi) is 2.42. The van der Waals surface area contributed by atoms with Crippen LogP contribution in [0.25, 0.3) is 0 Å². The maximum absolute atomic E-state index is 12.6. The summed E-state index contributed by atoms with van der Waals surface area (Å²) in [7, 11) is 0. The van der Waals surface area contributed by atoms with E-state index in [0.29, 0.717) is 0 Å². The maximum atomic E-state index is 12.6. The fourth-order valence-electron chi connectivity index (χ4n) is 0.601. The topological polar surface area (TPSA) is 31.0 Å². The van der Waals surface area contributed by atoms with E-state index in [4.69, 9.17) is 23.2 Å². The fraction of sp³-hybridized carbons (Fsp3) is 0. The molecule has 0 saturated carbocycles. The highest BCUT2D eigenvalue weighted by Gasteiger charge is 2.11. The molecule has 0 aliphatic heterocycles. The minimum atomic E-state index is -0.714. The van der Waals surface area contributed by atoms with Crippen LogP contribution < -0.4 is 5.18 Å². The lowest BCUT2D eigenvalue weighted by molar-refractivity contribution is -0.382. The SMILES string of the molecule is O=[NH+]c1cc(Cl)c(Cl)cc1F. The van der Waals surface area contributed by atoms with Crippen molar-refractivity contribution in [1.29, 1.82) is 0 Å². The molecule has 0 fully saturated rings. The van der Waals surface area contributed by atoms with E-state index >= 15 is 0 Å². The molecule has 5 heteroatoms. The van der Waals surface area contributed by atoms with Crippen molar-refractivity contribution >= 4 is 28.9 Å². The number of halogens is 3. The molecule has 0 bridgehead atoms. The van der Waals surface area contributed by atoms with Gasteiger partial charge in [-0.25, -0.2) is 0 Å². The van der Waals surface area contributed by atoms with Gasteiger partial charge in [0.25, 0.3) is 5.69 Å². The van der Waals surface area contributed by atoms with Gasteiger partial charge >= 0.3 is 0 Å². The van der Waals surface area contributed by atoms with E-state index in [0.717, 1.165) is 12.1 Å². The third kappa shape index (κ3) is 1.67. The molecule has 0 aliphatic rings. The Bertz CT molecular complexity index is 303. The lowest BCUT2D eigenvalue weighted by Crippen LogP contribution is -2.56. The van der Waals surface area contributed by atoms with Gasteiger partial charge in [0.2, 0.25) is 0 Å². The lowest BCUT2D eigenvalue weighted by Gasteiger charge is -1.92. The van der Waals surface area contributed by atoms with Crippen LogP contribution in [0, 0.1) is 10.7 Å². The smallest absolute Gasteiger partial charge is 0.199 e. The van der Waals surface area contributed by atoms with Crippen LogP contribution in [0.4, 0.5) is 10.1 Å². The van der Waals surface area contributed by atoms with E-state index in [1.54, 1.807) is 0 Å². The monoisotopic (exact) mass is 194 g/mol. The van der Waals surface area contributed by atoms with Crippen molar-refractivity contribution in [2.75, 3.05) is 0 Å². The quantitative estimate of drug-likeness (QED) is 0.678. The first-order chi connectivity index (χ1) is 5.15. The zero-order valence-electron chi connectivity index (χ0n) is 5.20. The van der Waals surface area contributed by atoms with Crippen LogP contribution in [0.2, 0.25) is 10.0 Å². The molecule has 11 heavy (non-hydrogen) atoms. The summed E-state index contributed by atoms with van der Waals surface area (Å²) in [5.41, 5.74) is -0.209. The van der Waals surface area contributed by atoms with E-state index in [9.17, 15) is 9.30 Å². The van der Waals surface area contributed by atoms with E-state index in [1.807, 2.05) is 0 Å². The molecule has 58 valence electrons. The van der Waals surface area contributed by atoms with Crippen LogP contribution in [-0.4, -0.2) is 0 Å². The fourth-order valence-corrected chi connectivity index (χ4v) is 0.915. The van der Waals surface area contributed by atoms with Gasteiger partial charge in [0, 0.05) is 22.2 Å². The van der Waals surface area contributed by atoms with Gasteiger partial charge in [-0.15, -0.1) is 0 Å². The van der Waals surface area contributed by atoms with Gasteiger partial charge in [0.1, 0.15) is 0 Å². The molecule has 1 aromatic carbocycles. The summed E-state index contributed by atoms with van der Waals surface area (Å²) in [5.74, 6) is -0.714. The first-order valence-corrected chi connectivity index (χ1v) is 3.43. The molecule has 0 unspecified atom stereocenters. The van der Waals surface area contributed by atoms with Gasteiger partial charge in [-0.1, -0.05) is 23.2 Å². The molecule has 1 N–H and O–H groups in total. The number of hydrogen-bond acceptors (Lipinski definition) is 1. The van der Waals surface area contributed by atoms with Crippen molar-refractivity contribution in [3.05, 3.63) is 32.9 Å². The van der Waals surface area contributed by atoms with E-state index < -0.39 is 5.82 Å². The van der Waals surface area contributed by atoms with E-state index in [2.05, 4.69) is 0 Å². The van der Waals surface area contributed by atoms with Crippen molar-refractivity contribution in [1.82, 2.24) is 0 Å². The first kappa shape index (κ1) is 8.43. The van der Waals surface area contributed by atoms with Crippen LogP contribution in [0.3, 0.4) is 0 Å². The molecule has 0 aliphatic carbocycles. The lowest BCUT2D eigenvalue weighted by atomic mass is 10.3. The summed E-state index contributed by atoms with van der Waals surface area (Å²) >= 11 is 10.9. The normalized spacial score (nSPS) is 9.73. The highest BCUT2D eigenvalue weighted by atomic mass is 35.5. The highest BCUT2D eigenvalue weighted by Crippen LogP contribution is 2.25. The summed E-state index contributed by atoms with van der Waals surface area (Å²) in [4.78, 5) is 10.0. The van der Waals surface area contributed by atoms with Crippen LogP contribution in [0.5, 0.6) is 0 Å². The molecule has 0 aromatic heterocycles. The van der Waals surface area contributed by atoms with Crippen molar-refractivity contribution < 1.29 is 9.57 Å². The summed E-state index contributed by atoms with van der Waals surface area (Å²) < 4.78 is 12.6. The second-order valence-corrected chi connectivity index (χ2v) is 2.66. The first-order valence-electron chi connectivity index (χ1n) is 2.68. The second-order valence-electron chi connectivity index (χ2n) is 1.85. The predicted octanol–water partition coefficient (Wildman–Crippen LogP) is 1.61. The number of benzene rings is 1. The molecule has 1 aromatic rings. The van der Waals surface area contributed by atoms with Crippen molar-refractivity contribution in [3.8, 4) is 0 Å². The van der Waals surface area contributed by atoms with Crippen LogP contribution in [-0.2, 0) is 0 Å². The molecule has 0 amide bonds. The number of nitrogens with one attached hydrogen (secondary N) is 1. The van der Waals surface area contributed by atoms with Crippen LogP contribution in [0.15, 0.2) is 12.1 Å². The van der Waals surface area contributed by atoms with E-state index in [-0.39, 0.29) is 15.7 Å². The van der Waals surface area contributed by atoms with Gasteiger partial charge in [0.05, 0.1) is 10.0 Å². The van der Waals surface area contributed by atoms with Gasteiger partial charge in [-0.2, -0.15) is 4.39 Å². The largest absolute Gasteiger partial charge is 0.290 e. The molecular formula is C6H3Cl2FNO+. The summed E-state index contributed by atoms with van der Waals surface area (Å²) in [6, 6.07) is 2.11. The second kappa shape index (κ2) is 3.15. The maximum Gasteiger partial charge on any atom is 0.290 e. The molecule has 0 atom stereocenters. The van der Waals surface area contributed by atoms with Crippen molar-refractivity contribution in [2.45, 2.75) is 0 Å². The molecular weight excluding hydrogens is 192 g/mol. The Morgan fingerprint density at radius 3 is 2.36 bits per heavy atom. The zero-order chi connectivity index (χ0) is 8.43. The molecule has 1 rings (SSSR count). The van der Waals surface area contributed by atoms with E-state index in [1.165, 1.54) is 5.18 Å². The predicted molar refractivity (Wildman–Crippen MR) is 40.4 cm³/mol. The summed E-state index contributed by atoms with van der Waals surface area (Å²) in [6.07, 6.45) is 0.